The molecule has 0 spiro atoms. The number of para-hydroxylation sites is 1. The molecule has 2 heterocycles. The van der Waals surface area contributed by atoms with Crippen molar-refractivity contribution in [3.8, 4) is 5.75 Å². The molecule has 2 saturated heterocycles. The van der Waals surface area contributed by atoms with Crippen molar-refractivity contribution in [3.63, 3.8) is 0 Å². The van der Waals surface area contributed by atoms with E-state index < -0.39 is 5.79 Å². The van der Waals surface area contributed by atoms with Crippen LogP contribution in [0.1, 0.15) is 39.2 Å². The first-order valence-electron chi connectivity index (χ1n) is 8.28. The highest BCUT2D eigenvalue weighted by molar-refractivity contribution is 5.32. The van der Waals surface area contributed by atoms with Gasteiger partial charge in [0, 0.05) is 5.56 Å². The van der Waals surface area contributed by atoms with Crippen LogP contribution in [0.15, 0.2) is 24.3 Å². The fraction of sp³-hybridized carbons (Fsp3) is 0.667. The molecule has 5 heteroatoms. The van der Waals surface area contributed by atoms with Crippen molar-refractivity contribution in [1.29, 1.82) is 0 Å². The number of benzene rings is 1. The van der Waals surface area contributed by atoms with Crippen molar-refractivity contribution in [2.45, 2.75) is 70.6 Å². The molecule has 2 aliphatic rings. The largest absolute Gasteiger partial charge is 0.496 e. The summed E-state index contributed by atoms with van der Waals surface area (Å²) in [6.07, 6.45) is 1.30. The van der Waals surface area contributed by atoms with Crippen LogP contribution in [0.25, 0.3) is 0 Å². The fourth-order valence-corrected chi connectivity index (χ4v) is 3.27. The quantitative estimate of drug-likeness (QED) is 0.804. The van der Waals surface area contributed by atoms with E-state index in [0.29, 0.717) is 6.61 Å². The second-order valence-electron chi connectivity index (χ2n) is 6.52. The molecule has 4 atom stereocenters. The predicted molar refractivity (Wildman–Crippen MR) is 85.2 cm³/mol. The summed E-state index contributed by atoms with van der Waals surface area (Å²) in [5.74, 6) is 0.206. The lowest BCUT2D eigenvalue weighted by atomic mass is 10.1. The molecule has 0 N–H and O–H groups in total. The Morgan fingerprint density at radius 3 is 2.70 bits per heavy atom. The molecule has 0 radical (unpaired) electrons. The molecule has 0 amide bonds. The van der Waals surface area contributed by atoms with E-state index in [1.807, 2.05) is 38.1 Å². The highest BCUT2D eigenvalue weighted by Gasteiger charge is 2.54. The Bertz CT molecular complexity index is 530. The van der Waals surface area contributed by atoms with Gasteiger partial charge in [0.25, 0.3) is 0 Å². The first-order valence-corrected chi connectivity index (χ1v) is 8.28. The zero-order valence-electron chi connectivity index (χ0n) is 14.3. The van der Waals surface area contributed by atoms with Crippen molar-refractivity contribution in [3.05, 3.63) is 29.8 Å². The van der Waals surface area contributed by atoms with Gasteiger partial charge in [-0.15, -0.1) is 0 Å². The van der Waals surface area contributed by atoms with Gasteiger partial charge in [0.2, 0.25) is 0 Å². The number of rotatable bonds is 6. The smallest absolute Gasteiger partial charge is 0.190 e. The number of hydrogen-bond donors (Lipinski definition) is 0. The number of hydrogen-bond acceptors (Lipinski definition) is 5. The van der Waals surface area contributed by atoms with Gasteiger partial charge in [0.05, 0.1) is 19.8 Å². The van der Waals surface area contributed by atoms with Crippen LogP contribution in [0.5, 0.6) is 5.75 Å². The standard InChI is InChI=1S/C18H26O5/c1-5-8-14-15(16-17(21-14)23-18(2,3)22-16)20-11-12-9-6-7-10-13(12)19-4/h6-7,9-10,14-17H,5,8,11H2,1-4H3/t14-,15+,16-,17-/m1/s1. The fourth-order valence-electron chi connectivity index (χ4n) is 3.27. The first-order chi connectivity index (χ1) is 11.0. The average Bonchev–Trinajstić information content (AvgIpc) is 2.97. The van der Waals surface area contributed by atoms with Gasteiger partial charge >= 0.3 is 0 Å². The van der Waals surface area contributed by atoms with Crippen LogP contribution in [0, 0.1) is 0 Å². The summed E-state index contributed by atoms with van der Waals surface area (Å²) in [5.41, 5.74) is 1.02. The van der Waals surface area contributed by atoms with Crippen LogP contribution >= 0.6 is 0 Å². The van der Waals surface area contributed by atoms with E-state index >= 15 is 0 Å². The minimum Gasteiger partial charge on any atom is -0.496 e. The normalized spacial score (nSPS) is 32.0. The molecule has 0 aliphatic carbocycles. The molecular weight excluding hydrogens is 296 g/mol. The highest BCUT2D eigenvalue weighted by atomic mass is 16.8. The molecule has 128 valence electrons. The summed E-state index contributed by atoms with van der Waals surface area (Å²) in [6, 6.07) is 7.88. The zero-order chi connectivity index (χ0) is 16.4. The van der Waals surface area contributed by atoms with Gasteiger partial charge in [-0.2, -0.15) is 0 Å². The molecule has 0 aromatic heterocycles. The van der Waals surface area contributed by atoms with E-state index in [0.717, 1.165) is 24.2 Å². The maximum Gasteiger partial charge on any atom is 0.190 e. The third kappa shape index (κ3) is 3.53. The summed E-state index contributed by atoms with van der Waals surface area (Å²) in [5, 5.41) is 0. The topological polar surface area (TPSA) is 46.2 Å². The Balaban J connectivity index is 1.70. The van der Waals surface area contributed by atoms with Gasteiger partial charge in [-0.05, 0) is 26.3 Å². The minimum atomic E-state index is -0.626. The SMILES string of the molecule is CCC[C@H]1O[C@@H]2OC(C)(C)O[C@@H]2[C@H]1OCc1ccccc1OC. The second kappa shape index (κ2) is 6.77. The van der Waals surface area contributed by atoms with Crippen LogP contribution in [0.4, 0.5) is 0 Å². The molecule has 0 unspecified atom stereocenters. The molecule has 2 aliphatic heterocycles. The summed E-state index contributed by atoms with van der Waals surface area (Å²) >= 11 is 0. The van der Waals surface area contributed by atoms with E-state index in [4.69, 9.17) is 23.7 Å². The Kier molecular flexibility index (Phi) is 4.92. The maximum atomic E-state index is 6.19. The van der Waals surface area contributed by atoms with Gasteiger partial charge in [0.15, 0.2) is 12.1 Å². The van der Waals surface area contributed by atoms with E-state index in [1.165, 1.54) is 0 Å². The third-order valence-electron chi connectivity index (χ3n) is 4.28. The summed E-state index contributed by atoms with van der Waals surface area (Å²) in [6.45, 7) is 6.41. The Hall–Kier alpha value is -1.14. The number of methoxy groups -OCH3 is 1. The summed E-state index contributed by atoms with van der Waals surface area (Å²) in [4.78, 5) is 0. The molecular formula is C18H26O5. The van der Waals surface area contributed by atoms with Gasteiger partial charge in [-0.25, -0.2) is 0 Å². The van der Waals surface area contributed by atoms with E-state index in [2.05, 4.69) is 6.92 Å². The van der Waals surface area contributed by atoms with E-state index in [9.17, 15) is 0 Å². The Morgan fingerprint density at radius 1 is 1.17 bits per heavy atom. The molecule has 0 saturated carbocycles. The van der Waals surface area contributed by atoms with Gasteiger partial charge < -0.3 is 23.7 Å². The molecule has 23 heavy (non-hydrogen) atoms. The van der Waals surface area contributed by atoms with Crippen LogP contribution in [0.2, 0.25) is 0 Å². The minimum absolute atomic E-state index is 0.000747. The first kappa shape index (κ1) is 16.7. The lowest BCUT2D eigenvalue weighted by Crippen LogP contribution is -2.36. The van der Waals surface area contributed by atoms with Crippen molar-refractivity contribution < 1.29 is 23.7 Å². The number of ether oxygens (including phenoxy) is 5. The Morgan fingerprint density at radius 2 is 1.96 bits per heavy atom. The predicted octanol–water partition coefficient (Wildman–Crippen LogP) is 3.26. The molecule has 1 aromatic carbocycles. The van der Waals surface area contributed by atoms with Gasteiger partial charge in [-0.1, -0.05) is 31.5 Å². The van der Waals surface area contributed by atoms with Crippen LogP contribution in [-0.2, 0) is 25.6 Å². The van der Waals surface area contributed by atoms with Crippen LogP contribution in [-0.4, -0.2) is 37.5 Å². The third-order valence-corrected chi connectivity index (χ3v) is 4.28. The lowest BCUT2D eigenvalue weighted by Gasteiger charge is -2.26. The van der Waals surface area contributed by atoms with E-state index in [1.54, 1.807) is 7.11 Å². The highest BCUT2D eigenvalue weighted by Crippen LogP contribution is 2.40. The molecule has 2 fully saturated rings. The van der Waals surface area contributed by atoms with Crippen molar-refractivity contribution in [2.75, 3.05) is 7.11 Å². The monoisotopic (exact) mass is 322 g/mol. The molecule has 1 aromatic rings. The summed E-state index contributed by atoms with van der Waals surface area (Å²) in [7, 11) is 1.67. The zero-order valence-corrected chi connectivity index (χ0v) is 14.3. The van der Waals surface area contributed by atoms with Crippen molar-refractivity contribution >= 4 is 0 Å². The maximum absolute atomic E-state index is 6.19. The average molecular weight is 322 g/mol. The van der Waals surface area contributed by atoms with Crippen molar-refractivity contribution in [2.24, 2.45) is 0 Å². The molecule has 0 bridgehead atoms. The van der Waals surface area contributed by atoms with Crippen molar-refractivity contribution in [1.82, 2.24) is 0 Å². The molecule has 3 rings (SSSR count). The van der Waals surface area contributed by atoms with Crippen LogP contribution in [0.3, 0.4) is 0 Å². The summed E-state index contributed by atoms with van der Waals surface area (Å²) < 4.78 is 29.4. The van der Waals surface area contributed by atoms with Crippen LogP contribution < -0.4 is 4.74 Å². The molecule has 5 nitrogen and oxygen atoms in total. The number of fused-ring (bicyclic) bond motifs is 1. The van der Waals surface area contributed by atoms with Gasteiger partial charge in [0.1, 0.15) is 18.0 Å². The second-order valence-corrected chi connectivity index (χ2v) is 6.52. The van der Waals surface area contributed by atoms with Gasteiger partial charge in [-0.3, -0.25) is 0 Å². The van der Waals surface area contributed by atoms with E-state index in [-0.39, 0.29) is 24.6 Å². The Labute approximate surface area is 137 Å². The lowest BCUT2D eigenvalue weighted by molar-refractivity contribution is -0.219.